The van der Waals surface area contributed by atoms with Crippen LogP contribution in [0.4, 0.5) is 4.79 Å². The van der Waals surface area contributed by atoms with Gasteiger partial charge in [0.1, 0.15) is 6.54 Å². The van der Waals surface area contributed by atoms with Crippen molar-refractivity contribution in [1.29, 1.82) is 0 Å². The minimum Gasteiger partial charge on any atom is -0.367 e. The first-order valence-electron chi connectivity index (χ1n) is 8.14. The highest BCUT2D eigenvalue weighted by Gasteiger charge is 2.51. The van der Waals surface area contributed by atoms with Gasteiger partial charge >= 0.3 is 12.0 Å². The maximum Gasteiger partial charge on any atom is 0.390 e. The lowest BCUT2D eigenvalue weighted by Gasteiger charge is -2.31. The van der Waals surface area contributed by atoms with Crippen LogP contribution in [0.5, 0.6) is 0 Å². The van der Waals surface area contributed by atoms with E-state index in [0.29, 0.717) is 12.5 Å². The molecule has 1 aromatic carbocycles. The minimum atomic E-state index is -0.851. The molecule has 0 bridgehead atoms. The number of aliphatic imine (C=N–C) groups is 1. The molecule has 0 aromatic heterocycles. The molecular weight excluding hydrogens is 336 g/mol. The first kappa shape index (κ1) is 17.6. The predicted molar refractivity (Wildman–Crippen MR) is 94.5 cm³/mol. The van der Waals surface area contributed by atoms with E-state index in [9.17, 15) is 14.4 Å². The van der Waals surface area contributed by atoms with Gasteiger partial charge in [0, 0.05) is 14.1 Å². The normalized spacial score (nSPS) is 19.7. The van der Waals surface area contributed by atoms with Crippen LogP contribution in [0.1, 0.15) is 11.1 Å². The fraction of sp³-hybridized carbons (Fsp3) is 0.353. The van der Waals surface area contributed by atoms with Crippen LogP contribution < -0.4 is 11.1 Å². The molecule has 1 fully saturated rings. The number of aryl methyl sites for hydroxylation is 1. The van der Waals surface area contributed by atoms with Crippen molar-refractivity contribution >= 4 is 29.6 Å². The number of rotatable bonds is 4. The first-order valence-corrected chi connectivity index (χ1v) is 8.14. The lowest BCUT2D eigenvalue weighted by atomic mass is 10.1. The first-order chi connectivity index (χ1) is 12.3. The van der Waals surface area contributed by atoms with E-state index >= 15 is 0 Å². The molecule has 3 rings (SSSR count). The highest BCUT2D eigenvalue weighted by molar-refractivity contribution is 6.22. The second kappa shape index (κ2) is 6.58. The maximum atomic E-state index is 12.6. The van der Waals surface area contributed by atoms with Crippen molar-refractivity contribution in [2.75, 3.05) is 20.6 Å². The Bertz CT molecular complexity index is 843. The van der Waals surface area contributed by atoms with E-state index in [0.717, 1.165) is 16.0 Å². The van der Waals surface area contributed by atoms with Crippen molar-refractivity contribution < 1.29 is 19.0 Å². The van der Waals surface area contributed by atoms with Crippen LogP contribution in [0.3, 0.4) is 0 Å². The van der Waals surface area contributed by atoms with Crippen LogP contribution in [0, 0.1) is 6.92 Å². The number of urea groups is 1. The molecule has 3 N–H and O–H groups in total. The Kier molecular flexibility index (Phi) is 4.45. The van der Waals surface area contributed by atoms with Gasteiger partial charge in [-0.05, 0) is 12.5 Å². The topological polar surface area (TPSA) is 111 Å². The lowest BCUT2D eigenvalue weighted by molar-refractivity contribution is -0.525. The molecular formula is C17H21N6O3+. The van der Waals surface area contributed by atoms with Gasteiger partial charge in [0.25, 0.3) is 11.8 Å². The standard InChI is InChI=1S/C17H20N6O3/c1-10-4-6-11(7-5-10)8-19-16-20-14-13(23(16)9-12(18)24)15(25)22(3)17(26)21(14)2/h4-7,13H,8-9H2,1-3H3,(H2,18,24)/p+1. The van der Waals surface area contributed by atoms with Crippen molar-refractivity contribution in [3.8, 4) is 0 Å². The number of nitrogens with one attached hydrogen (secondary N) is 1. The largest absolute Gasteiger partial charge is 0.390 e. The second-order valence-corrected chi connectivity index (χ2v) is 6.37. The number of guanidine groups is 1. The van der Waals surface area contributed by atoms with Crippen LogP contribution in [-0.4, -0.2) is 70.7 Å². The molecule has 9 heteroatoms. The number of nitrogens with two attached hydrogens (primary N) is 1. The zero-order valence-corrected chi connectivity index (χ0v) is 14.9. The average Bonchev–Trinajstić information content (AvgIpc) is 2.95. The summed E-state index contributed by atoms with van der Waals surface area (Å²) in [6.45, 7) is 2.27. The van der Waals surface area contributed by atoms with E-state index in [2.05, 4.69) is 10.3 Å². The van der Waals surface area contributed by atoms with Gasteiger partial charge < -0.3 is 5.73 Å². The highest BCUT2D eigenvalue weighted by Crippen LogP contribution is 2.18. The summed E-state index contributed by atoms with van der Waals surface area (Å²) in [5.41, 5.74) is 7.51. The minimum absolute atomic E-state index is 0.185. The highest BCUT2D eigenvalue weighted by atomic mass is 16.2. The summed E-state index contributed by atoms with van der Waals surface area (Å²) in [6, 6.07) is 6.62. The molecule has 2 aliphatic heterocycles. The molecule has 26 heavy (non-hydrogen) atoms. The number of nitrogens with zero attached hydrogens (tertiary/aromatic N) is 4. The summed E-state index contributed by atoms with van der Waals surface area (Å²) in [5.74, 6) is -0.412. The number of imide groups is 1. The molecule has 2 heterocycles. The van der Waals surface area contributed by atoms with E-state index in [1.165, 1.54) is 16.5 Å². The van der Waals surface area contributed by atoms with Crippen molar-refractivity contribution in [1.82, 2.24) is 15.1 Å². The number of hydrogen-bond acceptors (Lipinski definition) is 5. The summed E-state index contributed by atoms with van der Waals surface area (Å²) in [5, 5.41) is 3.14. The van der Waals surface area contributed by atoms with Crippen molar-refractivity contribution in [2.24, 2.45) is 10.7 Å². The number of carbonyl (C=O) groups excluding carboxylic acids is 3. The average molecular weight is 357 g/mol. The molecule has 0 aliphatic carbocycles. The number of hydrogen-bond donors (Lipinski definition) is 2. The van der Waals surface area contributed by atoms with Gasteiger partial charge in [-0.15, -0.1) is 0 Å². The summed E-state index contributed by atoms with van der Waals surface area (Å²) in [7, 11) is 2.95. The van der Waals surface area contributed by atoms with Gasteiger partial charge in [0.2, 0.25) is 11.9 Å². The summed E-state index contributed by atoms with van der Waals surface area (Å²) >= 11 is 0. The molecule has 1 atom stereocenters. The molecule has 1 saturated heterocycles. The van der Waals surface area contributed by atoms with E-state index in [1.54, 1.807) is 7.05 Å². The zero-order valence-electron chi connectivity index (χ0n) is 14.9. The molecule has 1 aromatic rings. The molecule has 0 spiro atoms. The third kappa shape index (κ3) is 3.03. The number of amidine groups is 1. The summed E-state index contributed by atoms with van der Waals surface area (Å²) in [4.78, 5) is 42.9. The SMILES string of the molecule is Cc1ccc(CNC2=[N+](CC(N)=O)C3C(=O)N(C)C(=O)N(C)C3=N2)cc1. The Hall–Kier alpha value is -3.23. The fourth-order valence-electron chi connectivity index (χ4n) is 2.96. The van der Waals surface area contributed by atoms with Gasteiger partial charge in [-0.25, -0.2) is 9.37 Å². The lowest BCUT2D eigenvalue weighted by Crippen LogP contribution is -2.62. The van der Waals surface area contributed by atoms with Crippen LogP contribution in [-0.2, 0) is 16.1 Å². The Morgan fingerprint density at radius 1 is 1.23 bits per heavy atom. The number of amides is 4. The Labute approximate surface area is 150 Å². The van der Waals surface area contributed by atoms with E-state index in [1.807, 2.05) is 31.2 Å². The summed E-state index contributed by atoms with van der Waals surface area (Å²) in [6.07, 6.45) is 0. The Balaban J connectivity index is 1.91. The van der Waals surface area contributed by atoms with E-state index in [-0.39, 0.29) is 12.4 Å². The quantitative estimate of drug-likeness (QED) is 0.690. The predicted octanol–water partition coefficient (Wildman–Crippen LogP) is -0.757. The third-order valence-electron chi connectivity index (χ3n) is 4.43. The monoisotopic (exact) mass is 357 g/mol. The van der Waals surface area contributed by atoms with Crippen molar-refractivity contribution in [3.63, 3.8) is 0 Å². The van der Waals surface area contributed by atoms with Gasteiger partial charge in [-0.2, -0.15) is 0 Å². The third-order valence-corrected chi connectivity index (χ3v) is 4.43. The fourth-order valence-corrected chi connectivity index (χ4v) is 2.96. The van der Waals surface area contributed by atoms with Crippen LogP contribution in [0.15, 0.2) is 29.3 Å². The van der Waals surface area contributed by atoms with E-state index in [4.69, 9.17) is 5.73 Å². The van der Waals surface area contributed by atoms with Gasteiger partial charge in [0.15, 0.2) is 0 Å². The van der Waals surface area contributed by atoms with Crippen molar-refractivity contribution in [3.05, 3.63) is 35.4 Å². The number of carbonyl (C=O) groups is 3. The Morgan fingerprint density at radius 2 is 1.88 bits per heavy atom. The molecule has 1 unspecified atom stereocenters. The van der Waals surface area contributed by atoms with Crippen LogP contribution >= 0.6 is 0 Å². The molecule has 0 saturated carbocycles. The number of benzene rings is 1. The molecule has 2 aliphatic rings. The molecule has 136 valence electrons. The molecule has 9 nitrogen and oxygen atoms in total. The molecule has 0 radical (unpaired) electrons. The van der Waals surface area contributed by atoms with Crippen LogP contribution in [0.2, 0.25) is 0 Å². The number of likely N-dealkylation sites (N-methyl/N-ethyl adjacent to an activating group) is 2. The Morgan fingerprint density at radius 3 is 2.50 bits per heavy atom. The van der Waals surface area contributed by atoms with Crippen molar-refractivity contribution in [2.45, 2.75) is 19.5 Å². The summed E-state index contributed by atoms with van der Waals surface area (Å²) < 4.78 is 1.49. The van der Waals surface area contributed by atoms with Gasteiger partial charge in [-0.1, -0.05) is 34.8 Å². The number of primary amides is 1. The molecule has 4 amide bonds. The van der Waals surface area contributed by atoms with E-state index < -0.39 is 23.9 Å². The number of fused-ring (bicyclic) bond motifs is 1. The maximum absolute atomic E-state index is 12.6. The van der Waals surface area contributed by atoms with Crippen LogP contribution in [0.25, 0.3) is 0 Å². The second-order valence-electron chi connectivity index (χ2n) is 6.37. The zero-order chi connectivity index (χ0) is 19.0. The van der Waals surface area contributed by atoms with Gasteiger partial charge in [0.05, 0.1) is 6.54 Å². The van der Waals surface area contributed by atoms with Gasteiger partial charge in [-0.3, -0.25) is 24.7 Å². The smallest absolute Gasteiger partial charge is 0.367 e.